The van der Waals surface area contributed by atoms with Crippen LogP contribution in [0, 0.1) is 0 Å². The Kier molecular flexibility index (Phi) is 5.72. The van der Waals surface area contributed by atoms with Crippen molar-refractivity contribution < 1.29 is 31.1 Å². The highest BCUT2D eigenvalue weighted by atomic mass is 32.2. The molecule has 0 aliphatic rings. The first-order valence-electron chi connectivity index (χ1n) is 7.47. The SMILES string of the molecule is CC(=O)c1cccc(S(=O)(=O)NC(C)c2ccc(OC(F)(F)F)cc2)c1. The molecule has 0 fully saturated rings. The lowest BCUT2D eigenvalue weighted by Crippen LogP contribution is -2.27. The number of sulfonamides is 1. The summed E-state index contributed by atoms with van der Waals surface area (Å²) in [5.74, 6) is -0.666. The molecule has 0 bridgehead atoms. The molecule has 1 N–H and O–H groups in total. The van der Waals surface area contributed by atoms with Gasteiger partial charge in [-0.15, -0.1) is 13.2 Å². The van der Waals surface area contributed by atoms with Gasteiger partial charge in [0.1, 0.15) is 5.75 Å². The molecule has 0 amide bonds. The third-order valence-electron chi connectivity index (χ3n) is 3.50. The number of ether oxygens (including phenoxy) is 1. The van der Waals surface area contributed by atoms with Gasteiger partial charge in [-0.3, -0.25) is 4.79 Å². The molecule has 5 nitrogen and oxygen atoms in total. The Morgan fingerprint density at radius 1 is 1.12 bits per heavy atom. The number of hydrogen-bond acceptors (Lipinski definition) is 4. The number of halogens is 3. The Labute approximate surface area is 148 Å². The van der Waals surface area contributed by atoms with Crippen molar-refractivity contribution in [2.45, 2.75) is 31.1 Å². The highest BCUT2D eigenvalue weighted by Crippen LogP contribution is 2.25. The summed E-state index contributed by atoms with van der Waals surface area (Å²) in [4.78, 5) is 11.3. The third-order valence-corrected chi connectivity index (χ3v) is 5.03. The van der Waals surface area contributed by atoms with Crippen molar-refractivity contribution in [2.75, 3.05) is 0 Å². The van der Waals surface area contributed by atoms with Gasteiger partial charge in [0.2, 0.25) is 10.0 Å². The first-order valence-corrected chi connectivity index (χ1v) is 8.95. The van der Waals surface area contributed by atoms with Gasteiger partial charge in [-0.2, -0.15) is 0 Å². The predicted molar refractivity (Wildman–Crippen MR) is 88.3 cm³/mol. The molecule has 1 atom stereocenters. The van der Waals surface area contributed by atoms with E-state index >= 15 is 0 Å². The van der Waals surface area contributed by atoms with E-state index in [1.807, 2.05) is 0 Å². The second-order valence-electron chi connectivity index (χ2n) is 5.54. The molecule has 2 rings (SSSR count). The van der Waals surface area contributed by atoms with Gasteiger partial charge in [0.05, 0.1) is 4.90 Å². The lowest BCUT2D eigenvalue weighted by atomic mass is 10.1. The Hall–Kier alpha value is -2.39. The van der Waals surface area contributed by atoms with Crippen LogP contribution < -0.4 is 9.46 Å². The molecule has 140 valence electrons. The zero-order valence-corrected chi connectivity index (χ0v) is 14.7. The minimum absolute atomic E-state index is 0.0749. The molecule has 26 heavy (non-hydrogen) atoms. The lowest BCUT2D eigenvalue weighted by Gasteiger charge is -2.16. The largest absolute Gasteiger partial charge is 0.573 e. The topological polar surface area (TPSA) is 72.5 Å². The number of rotatable bonds is 6. The maximum atomic E-state index is 12.4. The minimum Gasteiger partial charge on any atom is -0.406 e. The van der Waals surface area contributed by atoms with Crippen molar-refractivity contribution in [2.24, 2.45) is 0 Å². The normalized spacial score (nSPS) is 13.3. The quantitative estimate of drug-likeness (QED) is 0.765. The van der Waals surface area contributed by atoms with Gasteiger partial charge < -0.3 is 4.74 Å². The Morgan fingerprint density at radius 2 is 1.73 bits per heavy atom. The van der Waals surface area contributed by atoms with Crippen LogP contribution in [-0.4, -0.2) is 20.6 Å². The number of alkyl halides is 3. The number of Topliss-reactive ketones (excluding diaryl/α,β-unsaturated/α-hetero) is 1. The molecule has 2 aromatic rings. The predicted octanol–water partition coefficient (Wildman–Crippen LogP) is 3.83. The zero-order chi connectivity index (χ0) is 19.5. The smallest absolute Gasteiger partial charge is 0.406 e. The standard InChI is InChI=1S/C17H16F3NO4S/c1-11(13-6-8-15(9-7-13)25-17(18,19)20)21-26(23,24)16-5-3-4-14(10-16)12(2)22/h3-11,21H,1-2H3. The van der Waals surface area contributed by atoms with Crippen LogP contribution in [0.5, 0.6) is 5.75 Å². The van der Waals surface area contributed by atoms with Crippen LogP contribution in [0.15, 0.2) is 53.4 Å². The summed E-state index contributed by atoms with van der Waals surface area (Å²) in [5, 5.41) is 0. The van der Waals surface area contributed by atoms with E-state index in [9.17, 15) is 26.4 Å². The number of carbonyl (C=O) groups excluding carboxylic acids is 1. The van der Waals surface area contributed by atoms with E-state index in [0.717, 1.165) is 12.1 Å². The van der Waals surface area contributed by atoms with Crippen LogP contribution in [0.3, 0.4) is 0 Å². The van der Waals surface area contributed by atoms with E-state index < -0.39 is 28.2 Å². The molecule has 0 aliphatic heterocycles. The van der Waals surface area contributed by atoms with E-state index in [1.165, 1.54) is 43.3 Å². The minimum atomic E-state index is -4.80. The number of benzene rings is 2. The van der Waals surface area contributed by atoms with Gasteiger partial charge in [-0.05, 0) is 43.7 Å². The van der Waals surface area contributed by atoms with Gasteiger partial charge in [0.15, 0.2) is 5.78 Å². The van der Waals surface area contributed by atoms with Gasteiger partial charge in [-0.25, -0.2) is 13.1 Å². The molecule has 0 saturated carbocycles. The van der Waals surface area contributed by atoms with Gasteiger partial charge in [0.25, 0.3) is 0 Å². The second-order valence-corrected chi connectivity index (χ2v) is 7.26. The molecular formula is C17H16F3NO4S. The van der Waals surface area contributed by atoms with E-state index in [-0.39, 0.29) is 16.2 Å². The molecule has 9 heteroatoms. The van der Waals surface area contributed by atoms with E-state index in [0.29, 0.717) is 5.56 Å². The summed E-state index contributed by atoms with van der Waals surface area (Å²) in [6.45, 7) is 2.87. The van der Waals surface area contributed by atoms with Crippen molar-refractivity contribution >= 4 is 15.8 Å². The van der Waals surface area contributed by atoms with Gasteiger partial charge >= 0.3 is 6.36 Å². The summed E-state index contributed by atoms with van der Waals surface area (Å²) in [7, 11) is -3.92. The van der Waals surface area contributed by atoms with E-state index in [2.05, 4.69) is 9.46 Å². The molecule has 0 aliphatic carbocycles. The maximum absolute atomic E-state index is 12.4. The highest BCUT2D eigenvalue weighted by molar-refractivity contribution is 7.89. The average Bonchev–Trinajstić information content (AvgIpc) is 2.53. The summed E-state index contributed by atoms with van der Waals surface area (Å²) in [5.41, 5.74) is 0.708. The average molecular weight is 387 g/mol. The van der Waals surface area contributed by atoms with E-state index in [1.54, 1.807) is 6.92 Å². The van der Waals surface area contributed by atoms with Crippen molar-refractivity contribution in [1.82, 2.24) is 4.72 Å². The fourth-order valence-electron chi connectivity index (χ4n) is 2.21. The highest BCUT2D eigenvalue weighted by Gasteiger charge is 2.31. The van der Waals surface area contributed by atoms with Crippen LogP contribution in [-0.2, 0) is 10.0 Å². The van der Waals surface area contributed by atoms with Crippen LogP contribution in [0.4, 0.5) is 13.2 Å². The Bertz CT molecular complexity index is 893. The lowest BCUT2D eigenvalue weighted by molar-refractivity contribution is -0.274. The molecule has 0 radical (unpaired) electrons. The summed E-state index contributed by atoms with van der Waals surface area (Å²) < 4.78 is 67.6. The van der Waals surface area contributed by atoms with Gasteiger partial charge in [-0.1, -0.05) is 24.3 Å². The molecule has 1 unspecified atom stereocenters. The van der Waals surface area contributed by atoms with Crippen molar-refractivity contribution in [1.29, 1.82) is 0 Å². The fraction of sp³-hybridized carbons (Fsp3) is 0.235. The molecule has 2 aromatic carbocycles. The Morgan fingerprint density at radius 3 is 2.27 bits per heavy atom. The molecule has 0 saturated heterocycles. The monoisotopic (exact) mass is 387 g/mol. The Balaban J connectivity index is 2.16. The van der Waals surface area contributed by atoms with E-state index in [4.69, 9.17) is 0 Å². The zero-order valence-electron chi connectivity index (χ0n) is 13.9. The summed E-state index contributed by atoms with van der Waals surface area (Å²) in [6.07, 6.45) is -4.80. The number of hydrogen-bond donors (Lipinski definition) is 1. The van der Waals surface area contributed by atoms with Crippen molar-refractivity contribution in [3.05, 3.63) is 59.7 Å². The van der Waals surface area contributed by atoms with Crippen LogP contribution in [0.1, 0.15) is 35.8 Å². The van der Waals surface area contributed by atoms with Crippen molar-refractivity contribution in [3.8, 4) is 5.75 Å². The molecular weight excluding hydrogens is 371 g/mol. The first kappa shape index (κ1) is 19.9. The summed E-state index contributed by atoms with van der Waals surface area (Å²) >= 11 is 0. The number of ketones is 1. The summed E-state index contributed by atoms with van der Waals surface area (Å²) in [6, 6.07) is 9.73. The molecule has 0 aromatic heterocycles. The first-order chi connectivity index (χ1) is 12.0. The van der Waals surface area contributed by atoms with Crippen molar-refractivity contribution in [3.63, 3.8) is 0 Å². The van der Waals surface area contributed by atoms with Gasteiger partial charge in [0, 0.05) is 11.6 Å². The second kappa shape index (κ2) is 7.46. The van der Waals surface area contributed by atoms with Crippen LogP contribution >= 0.6 is 0 Å². The molecule has 0 spiro atoms. The molecule has 0 heterocycles. The van der Waals surface area contributed by atoms with Crippen LogP contribution in [0.25, 0.3) is 0 Å². The van der Waals surface area contributed by atoms with Crippen LogP contribution in [0.2, 0.25) is 0 Å². The fourth-order valence-corrected chi connectivity index (χ4v) is 3.49. The third kappa shape index (κ3) is 5.30. The number of nitrogens with one attached hydrogen (secondary N) is 1. The maximum Gasteiger partial charge on any atom is 0.573 e. The number of carbonyl (C=O) groups is 1.